The average Bonchev–Trinajstić information content (AvgIpc) is 3.19. The number of ketones is 1. The van der Waals surface area contributed by atoms with Gasteiger partial charge in [-0.15, -0.1) is 0 Å². The van der Waals surface area contributed by atoms with Crippen LogP contribution in [-0.4, -0.2) is 41.4 Å². The van der Waals surface area contributed by atoms with E-state index in [9.17, 15) is 19.1 Å². The van der Waals surface area contributed by atoms with Gasteiger partial charge >= 0.3 is 0 Å². The van der Waals surface area contributed by atoms with E-state index in [-0.39, 0.29) is 29.1 Å². The van der Waals surface area contributed by atoms with Gasteiger partial charge in [0.25, 0.3) is 11.7 Å². The van der Waals surface area contributed by atoms with E-state index >= 15 is 0 Å². The molecule has 1 fully saturated rings. The number of anilines is 1. The molecule has 1 amide bonds. The fourth-order valence-electron chi connectivity index (χ4n) is 5.33. The quantitative estimate of drug-likeness (QED) is 0.174. The smallest absolute Gasteiger partial charge is 0.295 e. The van der Waals surface area contributed by atoms with E-state index in [1.54, 1.807) is 24.3 Å². The van der Waals surface area contributed by atoms with E-state index in [0.29, 0.717) is 29.0 Å². The van der Waals surface area contributed by atoms with E-state index < -0.39 is 17.7 Å². The van der Waals surface area contributed by atoms with Gasteiger partial charge in [0.2, 0.25) is 0 Å². The summed E-state index contributed by atoms with van der Waals surface area (Å²) in [5.41, 5.74) is 3.44. The normalized spacial score (nSPS) is 16.8. The first kappa shape index (κ1) is 29.8. The zero-order valence-corrected chi connectivity index (χ0v) is 24.7. The first-order valence-electron chi connectivity index (χ1n) is 14.2. The highest BCUT2D eigenvalue weighted by Gasteiger charge is 2.46. The van der Waals surface area contributed by atoms with Crippen LogP contribution in [0.1, 0.15) is 69.8 Å². The lowest BCUT2D eigenvalue weighted by Gasteiger charge is -2.27. The molecule has 3 aromatic carbocycles. The fourth-order valence-corrected chi connectivity index (χ4v) is 5.33. The zero-order valence-electron chi connectivity index (χ0n) is 24.7. The second-order valence-corrected chi connectivity index (χ2v) is 11.2. The molecule has 1 N–H and O–H groups in total. The lowest BCUT2D eigenvalue weighted by Crippen LogP contribution is -2.29. The molecule has 0 radical (unpaired) electrons. The second kappa shape index (κ2) is 12.2. The Morgan fingerprint density at radius 1 is 0.951 bits per heavy atom. The number of hydrogen-bond acceptors (Lipinski definition) is 5. The van der Waals surface area contributed by atoms with Crippen molar-refractivity contribution in [3.63, 3.8) is 0 Å². The maximum absolute atomic E-state index is 13.6. The molecular weight excluding hydrogens is 519 g/mol. The highest BCUT2D eigenvalue weighted by Crippen LogP contribution is 2.42. The first-order valence-corrected chi connectivity index (χ1v) is 14.2. The molecule has 0 aromatic heterocycles. The molecule has 1 saturated heterocycles. The van der Waals surface area contributed by atoms with Gasteiger partial charge in [-0.25, -0.2) is 4.39 Å². The summed E-state index contributed by atoms with van der Waals surface area (Å²) in [5, 5.41) is 11.7. The van der Waals surface area contributed by atoms with Crippen LogP contribution >= 0.6 is 0 Å². The van der Waals surface area contributed by atoms with Gasteiger partial charge < -0.3 is 19.6 Å². The molecule has 1 atom stereocenters. The maximum atomic E-state index is 13.6. The van der Waals surface area contributed by atoms with Crippen molar-refractivity contribution in [3.05, 3.63) is 100 Å². The number of ether oxygens (including phenoxy) is 1. The SMILES string of the molecule is CCOc1ccc(/C(O)=C2/C(=O)C(=O)N(Cc3ccc(F)cc3)C2c2ccc(N(CC)CC)cc2)cc1C(C)(C)C. The van der Waals surface area contributed by atoms with Crippen molar-refractivity contribution in [3.8, 4) is 5.75 Å². The third-order valence-corrected chi connectivity index (χ3v) is 7.50. The standard InChI is InChI=1S/C34H39FN2O4/c1-7-36(8-2)26-17-12-23(13-18-26)30-29(32(39)33(40)37(30)21-22-10-15-25(35)16-11-22)31(38)24-14-19-28(41-9-3)27(20-24)34(4,5)6/h10-20,30,38H,7-9,21H2,1-6H3/b31-29-. The molecule has 216 valence electrons. The Labute approximate surface area is 242 Å². The molecule has 1 aliphatic rings. The van der Waals surface area contributed by atoms with Gasteiger partial charge in [0, 0.05) is 36.4 Å². The Morgan fingerprint density at radius 2 is 1.59 bits per heavy atom. The highest BCUT2D eigenvalue weighted by molar-refractivity contribution is 6.46. The van der Waals surface area contributed by atoms with Crippen LogP contribution in [0.15, 0.2) is 72.3 Å². The summed E-state index contributed by atoms with van der Waals surface area (Å²) in [6, 6.07) is 18.1. The number of hydrogen-bond donors (Lipinski definition) is 1. The molecule has 4 rings (SSSR count). The third-order valence-electron chi connectivity index (χ3n) is 7.50. The predicted octanol–water partition coefficient (Wildman–Crippen LogP) is 6.99. The molecular formula is C34H39FN2O4. The lowest BCUT2D eigenvalue weighted by molar-refractivity contribution is -0.140. The molecule has 0 bridgehead atoms. The lowest BCUT2D eigenvalue weighted by atomic mass is 9.84. The number of likely N-dealkylation sites (tertiary alicyclic amines) is 1. The second-order valence-electron chi connectivity index (χ2n) is 11.2. The molecule has 41 heavy (non-hydrogen) atoms. The van der Waals surface area contributed by atoms with Crippen molar-refractivity contribution >= 4 is 23.1 Å². The molecule has 1 unspecified atom stereocenters. The van der Waals surface area contributed by atoms with Gasteiger partial charge in [-0.1, -0.05) is 45.0 Å². The Morgan fingerprint density at radius 3 is 2.15 bits per heavy atom. The van der Waals surface area contributed by atoms with Gasteiger partial charge in [0.05, 0.1) is 18.2 Å². The number of amides is 1. The number of Topliss-reactive ketones (excluding diaryl/α,β-unsaturated/α-hetero) is 1. The minimum atomic E-state index is -0.824. The Kier molecular flexibility index (Phi) is 8.86. The maximum Gasteiger partial charge on any atom is 0.295 e. The van der Waals surface area contributed by atoms with Crippen molar-refractivity contribution in [1.29, 1.82) is 0 Å². The summed E-state index contributed by atoms with van der Waals surface area (Å²) in [6.07, 6.45) is 0. The van der Waals surface area contributed by atoms with Gasteiger partial charge in [-0.2, -0.15) is 0 Å². The highest BCUT2D eigenvalue weighted by atomic mass is 19.1. The molecule has 3 aromatic rings. The Balaban J connectivity index is 1.87. The van der Waals surface area contributed by atoms with E-state index in [2.05, 4.69) is 18.7 Å². The van der Waals surface area contributed by atoms with E-state index in [0.717, 1.165) is 24.3 Å². The third kappa shape index (κ3) is 6.14. The molecule has 0 saturated carbocycles. The van der Waals surface area contributed by atoms with Crippen LogP contribution in [0.2, 0.25) is 0 Å². The van der Waals surface area contributed by atoms with Crippen molar-refractivity contribution in [2.45, 2.75) is 59.5 Å². The summed E-state index contributed by atoms with van der Waals surface area (Å²) < 4.78 is 19.4. The summed E-state index contributed by atoms with van der Waals surface area (Å²) in [6.45, 7) is 14.5. The number of aliphatic hydroxyl groups excluding tert-OH is 1. The Hall–Kier alpha value is -4.13. The van der Waals surface area contributed by atoms with E-state index in [4.69, 9.17) is 4.74 Å². The number of nitrogens with zero attached hydrogens (tertiary/aromatic N) is 2. The zero-order chi connectivity index (χ0) is 29.9. The van der Waals surface area contributed by atoms with Crippen molar-refractivity contribution in [1.82, 2.24) is 4.90 Å². The molecule has 6 nitrogen and oxygen atoms in total. The summed E-state index contributed by atoms with van der Waals surface area (Å²) in [5.74, 6) is -1.39. The summed E-state index contributed by atoms with van der Waals surface area (Å²) >= 11 is 0. The van der Waals surface area contributed by atoms with Gasteiger partial charge in [0.15, 0.2) is 0 Å². The number of halogens is 1. The number of carbonyl (C=O) groups excluding carboxylic acids is 2. The van der Waals surface area contributed by atoms with Crippen LogP contribution in [0.4, 0.5) is 10.1 Å². The number of carbonyl (C=O) groups is 2. The Bertz CT molecular complexity index is 1440. The minimum absolute atomic E-state index is 0.0247. The van der Waals surface area contributed by atoms with Crippen LogP contribution in [0, 0.1) is 5.82 Å². The van der Waals surface area contributed by atoms with E-state index in [1.165, 1.54) is 17.0 Å². The fraction of sp³-hybridized carbons (Fsp3) is 0.353. The predicted molar refractivity (Wildman–Crippen MR) is 161 cm³/mol. The average molecular weight is 559 g/mol. The molecule has 0 aliphatic carbocycles. The number of rotatable bonds is 9. The van der Waals surface area contributed by atoms with Crippen molar-refractivity contribution < 1.29 is 23.8 Å². The molecule has 1 aliphatic heterocycles. The van der Waals surface area contributed by atoms with Crippen LogP contribution in [-0.2, 0) is 21.5 Å². The monoisotopic (exact) mass is 558 g/mol. The van der Waals surface area contributed by atoms with Crippen molar-refractivity contribution in [2.24, 2.45) is 0 Å². The summed E-state index contributed by atoms with van der Waals surface area (Å²) in [4.78, 5) is 30.7. The molecule has 1 heterocycles. The summed E-state index contributed by atoms with van der Waals surface area (Å²) in [7, 11) is 0. The van der Waals surface area contributed by atoms with Crippen LogP contribution < -0.4 is 9.64 Å². The van der Waals surface area contributed by atoms with Gasteiger partial charge in [0.1, 0.15) is 17.3 Å². The largest absolute Gasteiger partial charge is 0.507 e. The van der Waals surface area contributed by atoms with Crippen LogP contribution in [0.25, 0.3) is 5.76 Å². The van der Waals surface area contributed by atoms with Crippen LogP contribution in [0.5, 0.6) is 5.75 Å². The van der Waals surface area contributed by atoms with Crippen molar-refractivity contribution in [2.75, 3.05) is 24.6 Å². The number of aliphatic hydroxyl groups is 1. The molecule has 7 heteroatoms. The van der Waals surface area contributed by atoms with Gasteiger partial charge in [-0.05, 0) is 79.8 Å². The molecule has 0 spiro atoms. The van der Waals surface area contributed by atoms with E-state index in [1.807, 2.05) is 58.0 Å². The van der Waals surface area contributed by atoms with Crippen LogP contribution in [0.3, 0.4) is 0 Å². The number of benzene rings is 3. The minimum Gasteiger partial charge on any atom is -0.507 e. The first-order chi connectivity index (χ1) is 19.5. The topological polar surface area (TPSA) is 70.1 Å². The van der Waals surface area contributed by atoms with Gasteiger partial charge in [-0.3, -0.25) is 9.59 Å².